The van der Waals surface area contributed by atoms with Crippen LogP contribution in [-0.2, 0) is 11.8 Å². The zero-order valence-electron chi connectivity index (χ0n) is 13.4. The van der Waals surface area contributed by atoms with Crippen molar-refractivity contribution in [1.29, 1.82) is 0 Å². The fourth-order valence-electron chi connectivity index (χ4n) is 3.06. The van der Waals surface area contributed by atoms with Gasteiger partial charge in [0.2, 0.25) is 5.91 Å². The molecule has 6 heteroatoms. The van der Waals surface area contributed by atoms with E-state index < -0.39 is 0 Å². The minimum atomic E-state index is -0.343. The SMILES string of the molecule is CNC(C(=O)NC1CC(c2ccccc2)C1)c1cnn(C)c1.Cl. The molecule has 1 aliphatic carbocycles. The summed E-state index contributed by atoms with van der Waals surface area (Å²) in [5.41, 5.74) is 2.26. The van der Waals surface area contributed by atoms with Crippen LogP contribution < -0.4 is 10.6 Å². The third-order valence-corrected chi connectivity index (χ3v) is 4.36. The van der Waals surface area contributed by atoms with Gasteiger partial charge in [0.25, 0.3) is 0 Å². The predicted octanol–water partition coefficient (Wildman–Crippen LogP) is 2.16. The van der Waals surface area contributed by atoms with Crippen LogP contribution in [0.5, 0.6) is 0 Å². The Morgan fingerprint density at radius 1 is 1.30 bits per heavy atom. The van der Waals surface area contributed by atoms with Crippen molar-refractivity contribution in [2.75, 3.05) is 7.05 Å². The van der Waals surface area contributed by atoms with Crippen molar-refractivity contribution in [3.63, 3.8) is 0 Å². The summed E-state index contributed by atoms with van der Waals surface area (Å²) in [6, 6.07) is 10.4. The van der Waals surface area contributed by atoms with Gasteiger partial charge in [0.15, 0.2) is 0 Å². The van der Waals surface area contributed by atoms with E-state index in [1.54, 1.807) is 17.9 Å². The Morgan fingerprint density at radius 2 is 2.00 bits per heavy atom. The van der Waals surface area contributed by atoms with Gasteiger partial charge >= 0.3 is 0 Å². The third kappa shape index (κ3) is 3.92. The number of nitrogens with one attached hydrogen (secondary N) is 2. The second-order valence-electron chi connectivity index (χ2n) is 5.95. The maximum atomic E-state index is 12.4. The number of hydrogen-bond donors (Lipinski definition) is 2. The summed E-state index contributed by atoms with van der Waals surface area (Å²) in [4.78, 5) is 12.4. The quantitative estimate of drug-likeness (QED) is 0.881. The number of rotatable bonds is 5. The normalized spacial score (nSPS) is 21.0. The van der Waals surface area contributed by atoms with Crippen LogP contribution in [0.25, 0.3) is 0 Å². The molecule has 1 fully saturated rings. The molecule has 1 aromatic heterocycles. The van der Waals surface area contributed by atoms with Crippen molar-refractivity contribution in [3.8, 4) is 0 Å². The monoisotopic (exact) mass is 334 g/mol. The average Bonchev–Trinajstić information content (AvgIpc) is 2.90. The van der Waals surface area contributed by atoms with Crippen molar-refractivity contribution < 1.29 is 4.79 Å². The number of amides is 1. The third-order valence-electron chi connectivity index (χ3n) is 4.36. The van der Waals surface area contributed by atoms with E-state index in [9.17, 15) is 4.79 Å². The van der Waals surface area contributed by atoms with Crippen LogP contribution in [0.15, 0.2) is 42.7 Å². The van der Waals surface area contributed by atoms with E-state index in [1.807, 2.05) is 19.3 Å². The van der Waals surface area contributed by atoms with Crippen molar-refractivity contribution in [2.24, 2.45) is 7.05 Å². The van der Waals surface area contributed by atoms with Crippen LogP contribution in [0, 0.1) is 0 Å². The molecule has 0 aliphatic heterocycles. The lowest BCUT2D eigenvalue weighted by molar-refractivity contribution is -0.124. The highest BCUT2D eigenvalue weighted by molar-refractivity contribution is 5.85. The molecule has 1 unspecified atom stereocenters. The first kappa shape index (κ1) is 17.5. The lowest BCUT2D eigenvalue weighted by atomic mass is 9.76. The highest BCUT2D eigenvalue weighted by atomic mass is 35.5. The molecule has 23 heavy (non-hydrogen) atoms. The number of aryl methyl sites for hydroxylation is 1. The number of hydrogen-bond acceptors (Lipinski definition) is 3. The molecule has 1 heterocycles. The Morgan fingerprint density at radius 3 is 2.57 bits per heavy atom. The summed E-state index contributed by atoms with van der Waals surface area (Å²) < 4.78 is 1.71. The summed E-state index contributed by atoms with van der Waals surface area (Å²) in [7, 11) is 3.65. The molecule has 0 radical (unpaired) electrons. The largest absolute Gasteiger partial charge is 0.352 e. The van der Waals surface area contributed by atoms with Crippen LogP contribution in [0.2, 0.25) is 0 Å². The van der Waals surface area contributed by atoms with Crippen molar-refractivity contribution in [1.82, 2.24) is 20.4 Å². The molecule has 0 bridgehead atoms. The molecule has 1 atom stereocenters. The molecule has 1 amide bonds. The molecule has 2 aromatic rings. The van der Waals surface area contributed by atoms with Crippen molar-refractivity contribution in [3.05, 3.63) is 53.9 Å². The van der Waals surface area contributed by atoms with Crippen LogP contribution in [-0.4, -0.2) is 28.8 Å². The highest BCUT2D eigenvalue weighted by Crippen LogP contribution is 2.36. The summed E-state index contributed by atoms with van der Waals surface area (Å²) in [6.45, 7) is 0. The van der Waals surface area contributed by atoms with Crippen LogP contribution in [0.1, 0.15) is 35.9 Å². The second-order valence-corrected chi connectivity index (χ2v) is 5.95. The molecule has 0 saturated heterocycles. The Kier molecular flexibility index (Phi) is 5.80. The number of benzene rings is 1. The van der Waals surface area contributed by atoms with Gasteiger partial charge in [-0.1, -0.05) is 30.3 Å². The molecule has 1 saturated carbocycles. The number of nitrogens with zero attached hydrogens (tertiary/aromatic N) is 2. The molecule has 2 N–H and O–H groups in total. The summed E-state index contributed by atoms with van der Waals surface area (Å²) in [6.07, 6.45) is 5.63. The summed E-state index contributed by atoms with van der Waals surface area (Å²) in [5, 5.41) is 10.3. The minimum Gasteiger partial charge on any atom is -0.352 e. The molecule has 0 spiro atoms. The number of aromatic nitrogens is 2. The summed E-state index contributed by atoms with van der Waals surface area (Å²) >= 11 is 0. The van der Waals surface area contributed by atoms with Gasteiger partial charge in [-0.15, -0.1) is 12.4 Å². The van der Waals surface area contributed by atoms with E-state index in [4.69, 9.17) is 0 Å². The number of likely N-dealkylation sites (N-methyl/N-ethyl adjacent to an activating group) is 1. The molecular weight excluding hydrogens is 312 g/mol. The molecule has 1 aromatic carbocycles. The van der Waals surface area contributed by atoms with Crippen LogP contribution >= 0.6 is 12.4 Å². The zero-order valence-corrected chi connectivity index (χ0v) is 14.2. The van der Waals surface area contributed by atoms with Gasteiger partial charge in [-0.25, -0.2) is 0 Å². The van der Waals surface area contributed by atoms with E-state index in [0.29, 0.717) is 5.92 Å². The van der Waals surface area contributed by atoms with E-state index in [2.05, 4.69) is 40.0 Å². The zero-order chi connectivity index (χ0) is 15.5. The second kappa shape index (κ2) is 7.62. The number of carbonyl (C=O) groups is 1. The van der Waals surface area contributed by atoms with Gasteiger partial charge in [-0.3, -0.25) is 9.48 Å². The van der Waals surface area contributed by atoms with E-state index >= 15 is 0 Å². The van der Waals surface area contributed by atoms with Crippen molar-refractivity contribution >= 4 is 18.3 Å². The summed E-state index contributed by atoms with van der Waals surface area (Å²) in [5.74, 6) is 0.588. The minimum absolute atomic E-state index is 0. The Balaban J connectivity index is 0.00000192. The fourth-order valence-corrected chi connectivity index (χ4v) is 3.06. The molecule has 1 aliphatic rings. The molecule has 124 valence electrons. The lowest BCUT2D eigenvalue weighted by Gasteiger charge is -2.37. The first-order valence-electron chi connectivity index (χ1n) is 7.68. The Bertz CT molecular complexity index is 637. The van der Waals surface area contributed by atoms with Gasteiger partial charge in [-0.05, 0) is 31.4 Å². The first-order valence-corrected chi connectivity index (χ1v) is 7.68. The number of halogens is 1. The topological polar surface area (TPSA) is 59.0 Å². The number of carbonyl (C=O) groups excluding carboxylic acids is 1. The fraction of sp³-hybridized carbons (Fsp3) is 0.412. The average molecular weight is 335 g/mol. The van der Waals surface area contributed by atoms with Crippen LogP contribution in [0.3, 0.4) is 0 Å². The molecule has 3 rings (SSSR count). The van der Waals surface area contributed by atoms with Crippen molar-refractivity contribution in [2.45, 2.75) is 30.8 Å². The molecule has 5 nitrogen and oxygen atoms in total. The van der Waals surface area contributed by atoms with Gasteiger partial charge < -0.3 is 10.6 Å². The predicted molar refractivity (Wildman–Crippen MR) is 92.6 cm³/mol. The van der Waals surface area contributed by atoms with Gasteiger partial charge in [0.05, 0.1) is 6.20 Å². The lowest BCUT2D eigenvalue weighted by Crippen LogP contribution is -2.47. The Labute approximate surface area is 142 Å². The van der Waals surface area contributed by atoms with Gasteiger partial charge in [0, 0.05) is 24.8 Å². The standard InChI is InChI=1S/C17H22N4O.ClH/c1-18-16(14-10-19-21(2)11-14)17(22)20-15-8-13(9-15)12-6-4-3-5-7-12;/h3-7,10-11,13,15-16,18H,8-9H2,1-2H3,(H,20,22);1H. The van der Waals surface area contributed by atoms with Gasteiger partial charge in [-0.2, -0.15) is 5.10 Å². The van der Waals surface area contributed by atoms with E-state index in [0.717, 1.165) is 18.4 Å². The van der Waals surface area contributed by atoms with E-state index in [-0.39, 0.29) is 30.4 Å². The Hall–Kier alpha value is -1.85. The highest BCUT2D eigenvalue weighted by Gasteiger charge is 2.33. The van der Waals surface area contributed by atoms with E-state index in [1.165, 1.54) is 5.56 Å². The van der Waals surface area contributed by atoms with Gasteiger partial charge in [0.1, 0.15) is 6.04 Å². The molecular formula is C17H23ClN4O. The maximum absolute atomic E-state index is 12.4. The maximum Gasteiger partial charge on any atom is 0.242 e. The smallest absolute Gasteiger partial charge is 0.242 e. The first-order chi connectivity index (χ1) is 10.7. The van der Waals surface area contributed by atoms with Crippen LogP contribution in [0.4, 0.5) is 0 Å².